The van der Waals surface area contributed by atoms with Crippen LogP contribution < -0.4 is 11.2 Å². The molecule has 0 aliphatic heterocycles. The summed E-state index contributed by atoms with van der Waals surface area (Å²) in [5.74, 6) is 0.0691. The molecular formula is C12H16N2O3. The van der Waals surface area contributed by atoms with E-state index in [2.05, 4.69) is 0 Å². The van der Waals surface area contributed by atoms with Crippen molar-refractivity contribution in [3.05, 3.63) is 33.1 Å². The van der Waals surface area contributed by atoms with Crippen LogP contribution in [0.4, 0.5) is 0 Å². The zero-order valence-electron chi connectivity index (χ0n) is 9.89. The molecule has 5 heteroatoms. The molecular weight excluding hydrogens is 220 g/mol. The number of nitrogens with zero attached hydrogens (tertiary/aromatic N) is 2. The second-order valence-electron chi connectivity index (χ2n) is 4.46. The van der Waals surface area contributed by atoms with Crippen LogP contribution in [0.1, 0.15) is 26.2 Å². The number of aromatic nitrogens is 2. The predicted octanol–water partition coefficient (Wildman–Crippen LogP) is 0.399. The molecule has 92 valence electrons. The molecule has 0 radical (unpaired) electrons. The van der Waals surface area contributed by atoms with Gasteiger partial charge in [-0.2, -0.15) is 0 Å². The van der Waals surface area contributed by atoms with Crippen LogP contribution in [0.2, 0.25) is 0 Å². The van der Waals surface area contributed by atoms with Crippen LogP contribution in [0, 0.1) is 5.92 Å². The van der Waals surface area contributed by atoms with Crippen molar-refractivity contribution >= 4 is 5.78 Å². The van der Waals surface area contributed by atoms with Crippen LogP contribution in [-0.2, 0) is 17.9 Å². The summed E-state index contributed by atoms with van der Waals surface area (Å²) in [6.07, 6.45) is 4.09. The second-order valence-corrected chi connectivity index (χ2v) is 4.46. The molecule has 1 fully saturated rings. The van der Waals surface area contributed by atoms with Crippen LogP contribution in [0.3, 0.4) is 0 Å². The number of carbonyl (C=O) groups is 1. The molecule has 0 saturated heterocycles. The topological polar surface area (TPSA) is 61.1 Å². The second kappa shape index (κ2) is 4.69. The summed E-state index contributed by atoms with van der Waals surface area (Å²) in [5.41, 5.74) is -0.773. The molecule has 1 aliphatic rings. The molecule has 0 spiro atoms. The predicted molar refractivity (Wildman–Crippen MR) is 63.0 cm³/mol. The van der Waals surface area contributed by atoms with E-state index in [1.807, 2.05) is 6.92 Å². The van der Waals surface area contributed by atoms with Crippen molar-refractivity contribution in [1.29, 1.82) is 0 Å². The Hall–Kier alpha value is -1.65. The fourth-order valence-electron chi connectivity index (χ4n) is 1.80. The van der Waals surface area contributed by atoms with Crippen LogP contribution in [0.25, 0.3) is 0 Å². The fourth-order valence-corrected chi connectivity index (χ4v) is 1.80. The van der Waals surface area contributed by atoms with Crippen molar-refractivity contribution in [3.8, 4) is 0 Å². The lowest BCUT2D eigenvalue weighted by Gasteiger charge is -2.07. The lowest BCUT2D eigenvalue weighted by atomic mass is 10.2. The van der Waals surface area contributed by atoms with Gasteiger partial charge in [-0.05, 0) is 19.3 Å². The summed E-state index contributed by atoms with van der Waals surface area (Å²) in [4.78, 5) is 35.1. The van der Waals surface area contributed by atoms with Crippen LogP contribution in [-0.4, -0.2) is 14.9 Å². The number of carbonyl (C=O) groups excluding carboxylic acids is 1. The van der Waals surface area contributed by atoms with Gasteiger partial charge >= 0.3 is 5.69 Å². The highest BCUT2D eigenvalue weighted by atomic mass is 16.2. The Kier molecular flexibility index (Phi) is 3.26. The number of aryl methyl sites for hydroxylation is 1. The molecule has 1 saturated carbocycles. The molecule has 1 aliphatic carbocycles. The Bertz CT molecular complexity index is 537. The Labute approximate surface area is 98.7 Å². The largest absolute Gasteiger partial charge is 0.331 e. The van der Waals surface area contributed by atoms with E-state index in [1.54, 1.807) is 0 Å². The van der Waals surface area contributed by atoms with Crippen LogP contribution in [0.5, 0.6) is 0 Å². The number of rotatable bonds is 5. The molecule has 1 aromatic rings. The maximum Gasteiger partial charge on any atom is 0.331 e. The number of ketones is 1. The van der Waals surface area contributed by atoms with Gasteiger partial charge in [0.25, 0.3) is 5.56 Å². The summed E-state index contributed by atoms with van der Waals surface area (Å²) < 4.78 is 2.51. The van der Waals surface area contributed by atoms with E-state index in [4.69, 9.17) is 0 Å². The summed E-state index contributed by atoms with van der Waals surface area (Å²) in [5, 5.41) is 0. The van der Waals surface area contributed by atoms with Gasteiger partial charge in [0, 0.05) is 24.7 Å². The van der Waals surface area contributed by atoms with Gasteiger partial charge in [0.2, 0.25) is 0 Å². The third kappa shape index (κ3) is 2.54. The van der Waals surface area contributed by atoms with Gasteiger partial charge in [0.15, 0.2) is 5.78 Å². The van der Waals surface area contributed by atoms with Crippen LogP contribution >= 0.6 is 0 Å². The van der Waals surface area contributed by atoms with Gasteiger partial charge in [-0.15, -0.1) is 0 Å². The minimum atomic E-state index is -0.392. The average molecular weight is 236 g/mol. The first-order valence-electron chi connectivity index (χ1n) is 5.96. The lowest BCUT2D eigenvalue weighted by Crippen LogP contribution is -2.40. The van der Waals surface area contributed by atoms with E-state index in [1.165, 1.54) is 16.8 Å². The van der Waals surface area contributed by atoms with Gasteiger partial charge in [0.1, 0.15) is 0 Å². The Balaban J connectivity index is 2.30. The summed E-state index contributed by atoms with van der Waals surface area (Å²) in [6, 6.07) is 1.34. The molecule has 0 atom stereocenters. The first kappa shape index (κ1) is 11.8. The molecule has 0 unspecified atom stereocenters. The van der Waals surface area contributed by atoms with E-state index < -0.39 is 5.56 Å². The Morgan fingerprint density at radius 1 is 1.41 bits per heavy atom. The number of hydrogen-bond donors (Lipinski definition) is 0. The van der Waals surface area contributed by atoms with Crippen molar-refractivity contribution in [2.75, 3.05) is 0 Å². The average Bonchev–Trinajstić information content (AvgIpc) is 3.12. The molecule has 0 aromatic carbocycles. The number of hydrogen-bond acceptors (Lipinski definition) is 3. The summed E-state index contributed by atoms with van der Waals surface area (Å²) in [7, 11) is 0. The highest BCUT2D eigenvalue weighted by molar-refractivity contribution is 5.82. The van der Waals surface area contributed by atoms with Gasteiger partial charge in [0.05, 0.1) is 6.54 Å². The van der Waals surface area contributed by atoms with Crippen molar-refractivity contribution in [2.45, 2.75) is 39.3 Å². The van der Waals surface area contributed by atoms with E-state index in [0.29, 0.717) is 6.54 Å². The highest BCUT2D eigenvalue weighted by Crippen LogP contribution is 2.29. The quantitative estimate of drug-likeness (QED) is 0.743. The smallest absolute Gasteiger partial charge is 0.300 e. The Morgan fingerprint density at radius 3 is 2.71 bits per heavy atom. The zero-order valence-corrected chi connectivity index (χ0v) is 9.89. The van der Waals surface area contributed by atoms with Gasteiger partial charge in [-0.25, -0.2) is 4.79 Å². The normalized spacial score (nSPS) is 14.9. The van der Waals surface area contributed by atoms with E-state index in [-0.39, 0.29) is 23.9 Å². The van der Waals surface area contributed by atoms with Crippen molar-refractivity contribution in [2.24, 2.45) is 5.92 Å². The maximum absolute atomic E-state index is 11.9. The molecule has 2 rings (SSSR count). The van der Waals surface area contributed by atoms with E-state index in [9.17, 15) is 14.4 Å². The number of Topliss-reactive ketones (excluding diaryl/α,β-unsaturated/α-hetero) is 1. The van der Waals surface area contributed by atoms with Crippen molar-refractivity contribution in [3.63, 3.8) is 0 Å². The van der Waals surface area contributed by atoms with Crippen molar-refractivity contribution in [1.82, 2.24) is 9.13 Å². The molecule has 0 bridgehead atoms. The van der Waals surface area contributed by atoms with Gasteiger partial charge in [-0.1, -0.05) is 6.92 Å². The third-order valence-corrected chi connectivity index (χ3v) is 2.95. The molecule has 0 amide bonds. The van der Waals surface area contributed by atoms with E-state index in [0.717, 1.165) is 23.8 Å². The molecule has 0 N–H and O–H groups in total. The molecule has 5 nitrogen and oxygen atoms in total. The fraction of sp³-hybridized carbons (Fsp3) is 0.583. The van der Waals surface area contributed by atoms with Gasteiger partial charge < -0.3 is 4.57 Å². The lowest BCUT2D eigenvalue weighted by molar-refractivity contribution is -0.120. The van der Waals surface area contributed by atoms with Gasteiger partial charge in [-0.3, -0.25) is 14.2 Å². The Morgan fingerprint density at radius 2 is 2.12 bits per heavy atom. The first-order chi connectivity index (χ1) is 8.13. The molecule has 1 aromatic heterocycles. The SMILES string of the molecule is CCCn1ccc(=O)n(CC(=O)C2CC2)c1=O. The van der Waals surface area contributed by atoms with Crippen LogP contribution in [0.15, 0.2) is 21.9 Å². The monoisotopic (exact) mass is 236 g/mol. The van der Waals surface area contributed by atoms with E-state index >= 15 is 0 Å². The molecule has 1 heterocycles. The summed E-state index contributed by atoms with van der Waals surface area (Å²) >= 11 is 0. The summed E-state index contributed by atoms with van der Waals surface area (Å²) in [6.45, 7) is 2.45. The highest BCUT2D eigenvalue weighted by Gasteiger charge is 2.29. The minimum Gasteiger partial charge on any atom is -0.300 e. The molecule has 17 heavy (non-hydrogen) atoms. The first-order valence-corrected chi connectivity index (χ1v) is 5.96. The van der Waals surface area contributed by atoms with Crippen molar-refractivity contribution < 1.29 is 4.79 Å². The minimum absolute atomic E-state index is 0.00144. The standard InChI is InChI=1S/C12H16N2O3/c1-2-6-13-7-5-11(16)14(12(13)17)8-10(15)9-3-4-9/h5,7,9H,2-4,6,8H2,1H3. The third-order valence-electron chi connectivity index (χ3n) is 2.95. The maximum atomic E-state index is 11.9. The zero-order chi connectivity index (χ0) is 12.4.